The second-order valence-electron chi connectivity index (χ2n) is 7.19. The van der Waals surface area contributed by atoms with Crippen LogP contribution in [-0.4, -0.2) is 44.5 Å². The minimum atomic E-state index is -0.141. The van der Waals surface area contributed by atoms with Crippen LogP contribution in [0.3, 0.4) is 0 Å². The van der Waals surface area contributed by atoms with E-state index in [1.54, 1.807) is 17.0 Å². The molecule has 0 fully saturated rings. The van der Waals surface area contributed by atoms with E-state index in [-0.39, 0.29) is 11.8 Å². The lowest BCUT2D eigenvalue weighted by atomic mass is 10.00. The van der Waals surface area contributed by atoms with Crippen LogP contribution in [0.15, 0.2) is 53.1 Å². The van der Waals surface area contributed by atoms with Gasteiger partial charge in [-0.3, -0.25) is 14.3 Å². The topological polar surface area (TPSA) is 71.6 Å². The van der Waals surface area contributed by atoms with E-state index in [1.807, 2.05) is 27.8 Å². The number of hydrogen-bond acceptors (Lipinski definition) is 4. The van der Waals surface area contributed by atoms with Crippen molar-refractivity contribution in [3.05, 3.63) is 77.0 Å². The minimum Gasteiger partial charge on any atom is -0.459 e. The summed E-state index contributed by atoms with van der Waals surface area (Å²) in [5, 5.41) is 4.50. The molecule has 0 radical (unpaired) electrons. The molecule has 3 aromatic rings. The van der Waals surface area contributed by atoms with Gasteiger partial charge in [0.1, 0.15) is 0 Å². The first kappa shape index (κ1) is 16.8. The maximum atomic E-state index is 13.0. The summed E-state index contributed by atoms with van der Waals surface area (Å²) >= 11 is 0. The van der Waals surface area contributed by atoms with Crippen molar-refractivity contribution in [2.24, 2.45) is 0 Å². The highest BCUT2D eigenvalue weighted by Gasteiger charge is 2.28. The van der Waals surface area contributed by atoms with Gasteiger partial charge in [0.2, 0.25) is 0 Å². The van der Waals surface area contributed by atoms with E-state index in [0.29, 0.717) is 44.2 Å². The van der Waals surface area contributed by atoms with Gasteiger partial charge in [-0.1, -0.05) is 24.3 Å². The van der Waals surface area contributed by atoms with Crippen molar-refractivity contribution in [3.63, 3.8) is 0 Å². The molecule has 2 aliphatic heterocycles. The van der Waals surface area contributed by atoms with Crippen molar-refractivity contribution in [2.45, 2.75) is 26.1 Å². The molecule has 0 saturated carbocycles. The second kappa shape index (κ2) is 6.67. The normalized spacial score (nSPS) is 15.9. The monoisotopic (exact) mass is 376 g/mol. The summed E-state index contributed by atoms with van der Waals surface area (Å²) in [6.07, 6.45) is 2.36. The highest BCUT2D eigenvalue weighted by atomic mass is 16.3. The van der Waals surface area contributed by atoms with Crippen molar-refractivity contribution in [1.29, 1.82) is 0 Å². The Labute approximate surface area is 162 Å². The van der Waals surface area contributed by atoms with E-state index in [2.05, 4.69) is 17.2 Å². The molecular weight excluding hydrogens is 356 g/mol. The van der Waals surface area contributed by atoms with Crippen molar-refractivity contribution in [3.8, 4) is 0 Å². The van der Waals surface area contributed by atoms with Gasteiger partial charge < -0.3 is 14.2 Å². The van der Waals surface area contributed by atoms with Crippen LogP contribution >= 0.6 is 0 Å². The van der Waals surface area contributed by atoms with Gasteiger partial charge in [-0.05, 0) is 35.7 Å². The molecule has 0 saturated heterocycles. The maximum Gasteiger partial charge on any atom is 0.289 e. The number of rotatable bonds is 2. The molecule has 0 atom stereocenters. The first-order chi connectivity index (χ1) is 13.7. The van der Waals surface area contributed by atoms with Crippen LogP contribution in [0.4, 0.5) is 0 Å². The number of furan rings is 1. The van der Waals surface area contributed by atoms with E-state index in [1.165, 1.54) is 17.4 Å². The molecule has 2 aliphatic rings. The molecule has 2 amide bonds. The summed E-state index contributed by atoms with van der Waals surface area (Å²) in [6.45, 7) is 2.83. The zero-order chi connectivity index (χ0) is 19.1. The molecule has 2 aromatic heterocycles. The number of benzene rings is 1. The van der Waals surface area contributed by atoms with Crippen LogP contribution in [-0.2, 0) is 26.1 Å². The molecule has 0 bridgehead atoms. The lowest BCUT2D eigenvalue weighted by molar-refractivity contribution is 0.0670. The molecule has 4 heterocycles. The fourth-order valence-electron chi connectivity index (χ4n) is 3.93. The molecule has 0 unspecified atom stereocenters. The molecule has 5 rings (SSSR count). The molecular formula is C21H20N4O3. The minimum absolute atomic E-state index is 0.0553. The van der Waals surface area contributed by atoms with Crippen LogP contribution in [0.5, 0.6) is 0 Å². The van der Waals surface area contributed by atoms with Crippen molar-refractivity contribution in [1.82, 2.24) is 19.6 Å². The third-order valence-electron chi connectivity index (χ3n) is 5.45. The summed E-state index contributed by atoms with van der Waals surface area (Å²) in [4.78, 5) is 29.1. The maximum absolute atomic E-state index is 13.0. The summed E-state index contributed by atoms with van der Waals surface area (Å²) in [5.74, 6) is 0.134. The van der Waals surface area contributed by atoms with Crippen LogP contribution in [0, 0.1) is 0 Å². The van der Waals surface area contributed by atoms with Crippen molar-refractivity contribution >= 4 is 11.8 Å². The standard InChI is InChI=1S/C21H20N4O3/c26-20(23-8-7-15-4-1-2-5-16(15)13-23)18-12-17-14-24(9-10-25(17)22-18)21(27)19-6-3-11-28-19/h1-6,11-12H,7-10,13-14H2. The molecule has 0 N–H and O–H groups in total. The number of aromatic nitrogens is 2. The van der Waals surface area contributed by atoms with Gasteiger partial charge in [0.25, 0.3) is 11.8 Å². The fourth-order valence-corrected chi connectivity index (χ4v) is 3.93. The number of fused-ring (bicyclic) bond motifs is 2. The first-order valence-electron chi connectivity index (χ1n) is 9.44. The van der Waals surface area contributed by atoms with E-state index >= 15 is 0 Å². The van der Waals surface area contributed by atoms with Crippen LogP contribution in [0.2, 0.25) is 0 Å². The summed E-state index contributed by atoms with van der Waals surface area (Å²) in [7, 11) is 0. The number of carbonyl (C=O) groups excluding carboxylic acids is 2. The van der Waals surface area contributed by atoms with E-state index < -0.39 is 0 Å². The van der Waals surface area contributed by atoms with Gasteiger partial charge in [0.05, 0.1) is 25.0 Å². The number of carbonyl (C=O) groups is 2. The Balaban J connectivity index is 1.32. The van der Waals surface area contributed by atoms with Gasteiger partial charge in [0, 0.05) is 19.6 Å². The predicted molar refractivity (Wildman–Crippen MR) is 101 cm³/mol. The molecule has 0 spiro atoms. The molecule has 28 heavy (non-hydrogen) atoms. The average molecular weight is 376 g/mol. The summed E-state index contributed by atoms with van der Waals surface area (Å²) in [6, 6.07) is 13.4. The lowest BCUT2D eigenvalue weighted by Crippen LogP contribution is -2.38. The molecule has 7 nitrogen and oxygen atoms in total. The molecule has 7 heteroatoms. The van der Waals surface area contributed by atoms with Gasteiger partial charge in [0.15, 0.2) is 11.5 Å². The summed E-state index contributed by atoms with van der Waals surface area (Å²) < 4.78 is 7.04. The van der Waals surface area contributed by atoms with E-state index in [0.717, 1.165) is 12.1 Å². The Hall–Kier alpha value is -3.35. The number of amides is 2. The highest BCUT2D eigenvalue weighted by molar-refractivity contribution is 5.93. The quantitative estimate of drug-likeness (QED) is 0.688. The first-order valence-corrected chi connectivity index (χ1v) is 9.44. The third kappa shape index (κ3) is 2.89. The fraction of sp³-hybridized carbons (Fsp3) is 0.286. The Morgan fingerprint density at radius 1 is 0.893 bits per heavy atom. The zero-order valence-corrected chi connectivity index (χ0v) is 15.4. The largest absolute Gasteiger partial charge is 0.459 e. The predicted octanol–water partition coefficient (Wildman–Crippen LogP) is 2.33. The van der Waals surface area contributed by atoms with Crippen LogP contribution in [0.25, 0.3) is 0 Å². The Morgan fingerprint density at radius 2 is 1.71 bits per heavy atom. The third-order valence-corrected chi connectivity index (χ3v) is 5.45. The van der Waals surface area contributed by atoms with Crippen molar-refractivity contribution in [2.75, 3.05) is 13.1 Å². The Kier molecular flexibility index (Phi) is 4.00. The Bertz CT molecular complexity index is 1040. The lowest BCUT2D eigenvalue weighted by Gasteiger charge is -2.28. The SMILES string of the molecule is O=C(c1cc2n(n1)CCN(C(=O)c1ccco1)C2)N1CCc2ccccc2C1. The molecule has 0 aliphatic carbocycles. The number of nitrogens with zero attached hydrogens (tertiary/aromatic N) is 4. The van der Waals surface area contributed by atoms with Crippen molar-refractivity contribution < 1.29 is 14.0 Å². The van der Waals surface area contributed by atoms with Crippen LogP contribution in [0.1, 0.15) is 37.9 Å². The Morgan fingerprint density at radius 3 is 2.54 bits per heavy atom. The van der Waals surface area contributed by atoms with E-state index in [4.69, 9.17) is 4.42 Å². The number of hydrogen-bond donors (Lipinski definition) is 0. The zero-order valence-electron chi connectivity index (χ0n) is 15.4. The van der Waals surface area contributed by atoms with E-state index in [9.17, 15) is 9.59 Å². The molecule has 142 valence electrons. The van der Waals surface area contributed by atoms with Gasteiger partial charge in [-0.15, -0.1) is 0 Å². The smallest absolute Gasteiger partial charge is 0.289 e. The summed E-state index contributed by atoms with van der Waals surface area (Å²) in [5.41, 5.74) is 3.82. The van der Waals surface area contributed by atoms with Gasteiger partial charge in [-0.2, -0.15) is 5.10 Å². The van der Waals surface area contributed by atoms with Gasteiger partial charge in [-0.25, -0.2) is 0 Å². The highest BCUT2D eigenvalue weighted by Crippen LogP contribution is 2.22. The van der Waals surface area contributed by atoms with Crippen LogP contribution < -0.4 is 0 Å². The second-order valence-corrected chi connectivity index (χ2v) is 7.19. The molecule has 1 aromatic carbocycles. The van der Waals surface area contributed by atoms with Gasteiger partial charge >= 0.3 is 0 Å². The average Bonchev–Trinajstić information content (AvgIpc) is 3.41.